The van der Waals surface area contributed by atoms with Gasteiger partial charge < -0.3 is 15.5 Å². The number of hydrogen-bond acceptors (Lipinski definition) is 3. The van der Waals surface area contributed by atoms with Gasteiger partial charge >= 0.3 is 0 Å². The van der Waals surface area contributed by atoms with Crippen LogP contribution in [0.25, 0.3) is 0 Å². The number of nitrogens with one attached hydrogen (secondary N) is 2. The second-order valence-electron chi connectivity index (χ2n) is 5.97. The molecule has 2 N–H and O–H groups in total. The number of likely N-dealkylation sites (tertiary alicyclic amines) is 1. The minimum atomic E-state index is -0.0420. The highest BCUT2D eigenvalue weighted by atomic mass is 16.2. The first kappa shape index (κ1) is 13.6. The number of fused-ring (bicyclic) bond motifs is 1. The SMILES string of the molecule is CN1CCC(NC(=O)C2CNCc3ccccc32)CC1. The van der Waals surface area contributed by atoms with Crippen molar-refractivity contribution in [3.8, 4) is 0 Å². The Morgan fingerprint density at radius 2 is 2.05 bits per heavy atom. The molecule has 1 fully saturated rings. The Hall–Kier alpha value is -1.39. The van der Waals surface area contributed by atoms with Crippen LogP contribution in [0.1, 0.15) is 29.9 Å². The van der Waals surface area contributed by atoms with E-state index in [1.165, 1.54) is 11.1 Å². The summed E-state index contributed by atoms with van der Waals surface area (Å²) >= 11 is 0. The fraction of sp³-hybridized carbons (Fsp3) is 0.562. The van der Waals surface area contributed by atoms with Gasteiger partial charge in [0, 0.05) is 19.1 Å². The Morgan fingerprint density at radius 1 is 1.30 bits per heavy atom. The molecular formula is C16H23N3O. The molecule has 1 unspecified atom stereocenters. The van der Waals surface area contributed by atoms with Gasteiger partial charge in [-0.3, -0.25) is 4.79 Å². The molecule has 2 heterocycles. The first-order valence-electron chi connectivity index (χ1n) is 7.51. The van der Waals surface area contributed by atoms with Crippen LogP contribution in [-0.4, -0.2) is 43.5 Å². The van der Waals surface area contributed by atoms with E-state index in [0.29, 0.717) is 6.04 Å². The third kappa shape index (κ3) is 2.86. The summed E-state index contributed by atoms with van der Waals surface area (Å²) in [6, 6.07) is 8.61. The number of piperidine rings is 1. The number of carbonyl (C=O) groups is 1. The molecule has 4 nitrogen and oxygen atoms in total. The zero-order valence-corrected chi connectivity index (χ0v) is 12.1. The van der Waals surface area contributed by atoms with Crippen LogP contribution < -0.4 is 10.6 Å². The van der Waals surface area contributed by atoms with Crippen LogP contribution in [0, 0.1) is 0 Å². The van der Waals surface area contributed by atoms with E-state index < -0.39 is 0 Å². The number of benzene rings is 1. The molecule has 20 heavy (non-hydrogen) atoms. The van der Waals surface area contributed by atoms with Crippen molar-refractivity contribution in [1.29, 1.82) is 0 Å². The minimum Gasteiger partial charge on any atom is -0.353 e. The van der Waals surface area contributed by atoms with Crippen LogP contribution in [0.2, 0.25) is 0 Å². The molecule has 2 aliphatic rings. The van der Waals surface area contributed by atoms with Gasteiger partial charge in [-0.25, -0.2) is 0 Å². The first-order chi connectivity index (χ1) is 9.74. The van der Waals surface area contributed by atoms with E-state index >= 15 is 0 Å². The maximum absolute atomic E-state index is 12.5. The summed E-state index contributed by atoms with van der Waals surface area (Å²) in [6.45, 7) is 3.76. The molecule has 0 aromatic heterocycles. The smallest absolute Gasteiger partial charge is 0.229 e. The minimum absolute atomic E-state index is 0.0420. The van der Waals surface area contributed by atoms with Gasteiger partial charge in [0.15, 0.2) is 0 Å². The molecular weight excluding hydrogens is 250 g/mol. The lowest BCUT2D eigenvalue weighted by Crippen LogP contribution is -2.47. The Morgan fingerprint density at radius 3 is 2.85 bits per heavy atom. The Labute approximate surface area is 120 Å². The zero-order valence-electron chi connectivity index (χ0n) is 12.1. The van der Waals surface area contributed by atoms with Crippen LogP contribution in [0.5, 0.6) is 0 Å². The number of rotatable bonds is 2. The Balaban J connectivity index is 1.66. The predicted molar refractivity (Wildman–Crippen MR) is 79.6 cm³/mol. The summed E-state index contributed by atoms with van der Waals surface area (Å²) in [5, 5.41) is 6.59. The van der Waals surface area contributed by atoms with Crippen LogP contribution in [0.15, 0.2) is 24.3 Å². The lowest BCUT2D eigenvalue weighted by atomic mass is 9.89. The highest BCUT2D eigenvalue weighted by Gasteiger charge is 2.28. The lowest BCUT2D eigenvalue weighted by Gasteiger charge is -2.32. The van der Waals surface area contributed by atoms with Gasteiger partial charge in [-0.05, 0) is 44.1 Å². The third-order valence-corrected chi connectivity index (χ3v) is 4.48. The fourth-order valence-electron chi connectivity index (χ4n) is 3.18. The molecule has 1 aromatic carbocycles. The van der Waals surface area contributed by atoms with E-state index in [4.69, 9.17) is 0 Å². The molecule has 0 bridgehead atoms. The number of hydrogen-bond donors (Lipinski definition) is 2. The number of nitrogens with zero attached hydrogens (tertiary/aromatic N) is 1. The second-order valence-corrected chi connectivity index (χ2v) is 5.97. The van der Waals surface area contributed by atoms with Gasteiger partial charge in [0.1, 0.15) is 0 Å². The van der Waals surface area contributed by atoms with E-state index in [9.17, 15) is 4.79 Å². The molecule has 1 aromatic rings. The third-order valence-electron chi connectivity index (χ3n) is 4.48. The normalized spacial score (nSPS) is 24.1. The summed E-state index contributed by atoms with van der Waals surface area (Å²) in [6.07, 6.45) is 2.12. The summed E-state index contributed by atoms with van der Waals surface area (Å²) in [5.74, 6) is 0.138. The molecule has 1 amide bonds. The maximum atomic E-state index is 12.5. The van der Waals surface area contributed by atoms with Gasteiger partial charge in [0.25, 0.3) is 0 Å². The van der Waals surface area contributed by atoms with E-state index in [1.807, 2.05) is 12.1 Å². The van der Waals surface area contributed by atoms with E-state index in [2.05, 4.69) is 34.7 Å². The highest BCUT2D eigenvalue weighted by molar-refractivity contribution is 5.85. The van der Waals surface area contributed by atoms with Gasteiger partial charge in [0.05, 0.1) is 5.92 Å². The first-order valence-corrected chi connectivity index (χ1v) is 7.51. The van der Waals surface area contributed by atoms with Crippen molar-refractivity contribution in [2.24, 2.45) is 0 Å². The van der Waals surface area contributed by atoms with Crippen molar-refractivity contribution < 1.29 is 4.79 Å². The zero-order chi connectivity index (χ0) is 13.9. The van der Waals surface area contributed by atoms with Crippen molar-refractivity contribution in [2.45, 2.75) is 31.3 Å². The summed E-state index contributed by atoms with van der Waals surface area (Å²) in [7, 11) is 2.14. The molecule has 108 valence electrons. The largest absolute Gasteiger partial charge is 0.353 e. The topological polar surface area (TPSA) is 44.4 Å². The standard InChI is InChI=1S/C16H23N3O/c1-19-8-6-13(7-9-19)18-16(20)15-11-17-10-12-4-2-3-5-14(12)15/h2-5,13,15,17H,6-11H2,1H3,(H,18,20). The Kier molecular flexibility index (Phi) is 4.03. The molecule has 1 saturated heterocycles. The number of amides is 1. The molecule has 0 spiro atoms. The highest BCUT2D eigenvalue weighted by Crippen LogP contribution is 2.24. The fourth-order valence-corrected chi connectivity index (χ4v) is 3.18. The van der Waals surface area contributed by atoms with Gasteiger partial charge in [-0.1, -0.05) is 24.3 Å². The molecule has 2 aliphatic heterocycles. The van der Waals surface area contributed by atoms with Crippen molar-refractivity contribution in [3.05, 3.63) is 35.4 Å². The predicted octanol–water partition coefficient (Wildman–Crippen LogP) is 1.08. The number of carbonyl (C=O) groups excluding carboxylic acids is 1. The van der Waals surface area contributed by atoms with Crippen molar-refractivity contribution in [1.82, 2.24) is 15.5 Å². The average Bonchev–Trinajstić information content (AvgIpc) is 2.49. The Bertz CT molecular complexity index is 480. The summed E-state index contributed by atoms with van der Waals surface area (Å²) < 4.78 is 0. The summed E-state index contributed by atoms with van der Waals surface area (Å²) in [4.78, 5) is 14.9. The quantitative estimate of drug-likeness (QED) is 0.847. The van der Waals surface area contributed by atoms with E-state index in [1.54, 1.807) is 0 Å². The van der Waals surface area contributed by atoms with Gasteiger partial charge in [-0.2, -0.15) is 0 Å². The lowest BCUT2D eigenvalue weighted by molar-refractivity contribution is -0.123. The van der Waals surface area contributed by atoms with Crippen molar-refractivity contribution in [3.63, 3.8) is 0 Å². The molecule has 3 rings (SSSR count). The van der Waals surface area contributed by atoms with Crippen LogP contribution in [0.3, 0.4) is 0 Å². The molecule has 0 aliphatic carbocycles. The maximum Gasteiger partial charge on any atom is 0.229 e. The van der Waals surface area contributed by atoms with Crippen molar-refractivity contribution >= 4 is 5.91 Å². The van der Waals surface area contributed by atoms with E-state index in [0.717, 1.165) is 39.0 Å². The average molecular weight is 273 g/mol. The molecule has 0 radical (unpaired) electrons. The summed E-state index contributed by atoms with van der Waals surface area (Å²) in [5.41, 5.74) is 2.44. The van der Waals surface area contributed by atoms with Crippen LogP contribution in [0.4, 0.5) is 0 Å². The molecule has 1 atom stereocenters. The molecule has 0 saturated carbocycles. The van der Waals surface area contributed by atoms with Crippen molar-refractivity contribution in [2.75, 3.05) is 26.7 Å². The van der Waals surface area contributed by atoms with Crippen LogP contribution >= 0.6 is 0 Å². The van der Waals surface area contributed by atoms with E-state index in [-0.39, 0.29) is 11.8 Å². The van der Waals surface area contributed by atoms with Crippen LogP contribution in [-0.2, 0) is 11.3 Å². The second kappa shape index (κ2) is 5.94. The van der Waals surface area contributed by atoms with Gasteiger partial charge in [-0.15, -0.1) is 0 Å². The monoisotopic (exact) mass is 273 g/mol. The van der Waals surface area contributed by atoms with Gasteiger partial charge in [0.2, 0.25) is 5.91 Å². The molecule has 4 heteroatoms.